The Hall–Kier alpha value is -2.09. The Balaban J connectivity index is 3.01. The molecule has 92 valence electrons. The summed E-state index contributed by atoms with van der Waals surface area (Å²) in [5.41, 5.74) is 16.1. The number of rotatable bonds is 2. The fourth-order valence-corrected chi connectivity index (χ4v) is 1.69. The molecule has 0 spiro atoms. The number of sulfone groups is 1. The zero-order valence-corrected chi connectivity index (χ0v) is 9.98. The Kier molecular flexibility index (Phi) is 3.69. The van der Waals surface area contributed by atoms with E-state index in [-0.39, 0.29) is 16.8 Å². The molecule has 6 N–H and O–H groups in total. The Labute approximate surface area is 99.0 Å². The largest absolute Gasteiger partial charge is 0.370 e. The summed E-state index contributed by atoms with van der Waals surface area (Å²) in [7, 11) is -3.21. The maximum Gasteiger partial charge on any atom is 0.223 e. The summed E-state index contributed by atoms with van der Waals surface area (Å²) >= 11 is 0. The highest BCUT2D eigenvalue weighted by molar-refractivity contribution is 7.90. The van der Waals surface area contributed by atoms with E-state index in [2.05, 4.69) is 9.98 Å². The average molecular weight is 255 g/mol. The zero-order chi connectivity index (χ0) is 13.1. The second kappa shape index (κ2) is 4.83. The maximum atomic E-state index is 11.2. The van der Waals surface area contributed by atoms with Crippen LogP contribution in [0.25, 0.3) is 0 Å². The van der Waals surface area contributed by atoms with E-state index >= 15 is 0 Å². The molecule has 1 aromatic rings. The van der Waals surface area contributed by atoms with Gasteiger partial charge in [0.25, 0.3) is 0 Å². The standard InChI is InChI=1S/C9H13N5O2S/c1-17(15,16)7-4-2-6(3-5-7)13-9(12)14-8(10)11/h2-5H,1H3,(H6,10,11,12,13,14). The van der Waals surface area contributed by atoms with Gasteiger partial charge in [-0.3, -0.25) is 0 Å². The van der Waals surface area contributed by atoms with Gasteiger partial charge in [0.1, 0.15) is 0 Å². The molecule has 0 aromatic heterocycles. The van der Waals surface area contributed by atoms with Crippen molar-refractivity contribution in [3.8, 4) is 0 Å². The molecule has 0 bridgehead atoms. The minimum absolute atomic E-state index is 0.0999. The minimum Gasteiger partial charge on any atom is -0.370 e. The number of guanidine groups is 2. The highest BCUT2D eigenvalue weighted by atomic mass is 32.2. The summed E-state index contributed by atoms with van der Waals surface area (Å²) < 4.78 is 22.4. The second-order valence-corrected chi connectivity index (χ2v) is 5.29. The van der Waals surface area contributed by atoms with Gasteiger partial charge in [0.2, 0.25) is 5.96 Å². The van der Waals surface area contributed by atoms with E-state index in [0.717, 1.165) is 6.26 Å². The van der Waals surface area contributed by atoms with Crippen LogP contribution in [0.5, 0.6) is 0 Å². The summed E-state index contributed by atoms with van der Waals surface area (Å²) in [5.74, 6) is -0.295. The van der Waals surface area contributed by atoms with Gasteiger partial charge in [0.05, 0.1) is 10.6 Å². The van der Waals surface area contributed by atoms with Crippen molar-refractivity contribution in [2.45, 2.75) is 4.90 Å². The quantitative estimate of drug-likeness (QED) is 0.474. The fourth-order valence-electron chi connectivity index (χ4n) is 1.06. The summed E-state index contributed by atoms with van der Waals surface area (Å²) in [6, 6.07) is 5.87. The highest BCUT2D eigenvalue weighted by Crippen LogP contribution is 2.16. The first-order valence-electron chi connectivity index (χ1n) is 4.53. The van der Waals surface area contributed by atoms with Gasteiger partial charge < -0.3 is 17.2 Å². The third-order valence-electron chi connectivity index (χ3n) is 1.75. The van der Waals surface area contributed by atoms with E-state index < -0.39 is 9.84 Å². The third kappa shape index (κ3) is 4.11. The fraction of sp³-hybridized carbons (Fsp3) is 0.111. The first-order valence-corrected chi connectivity index (χ1v) is 6.42. The van der Waals surface area contributed by atoms with E-state index in [1.807, 2.05) is 0 Å². The van der Waals surface area contributed by atoms with Crippen LogP contribution >= 0.6 is 0 Å². The number of nitrogens with zero attached hydrogens (tertiary/aromatic N) is 2. The van der Waals surface area contributed by atoms with Crippen molar-refractivity contribution >= 4 is 27.4 Å². The van der Waals surface area contributed by atoms with E-state index in [0.29, 0.717) is 5.69 Å². The second-order valence-electron chi connectivity index (χ2n) is 3.27. The Morgan fingerprint density at radius 2 is 1.65 bits per heavy atom. The van der Waals surface area contributed by atoms with E-state index in [4.69, 9.17) is 17.2 Å². The SMILES string of the molecule is CS(=O)(=O)c1ccc(N=C(N)N=C(N)N)cc1. The van der Waals surface area contributed by atoms with Crippen molar-refractivity contribution in [1.29, 1.82) is 0 Å². The van der Waals surface area contributed by atoms with Crippen LogP contribution in [-0.2, 0) is 9.84 Å². The molecule has 0 aliphatic rings. The Bertz CT molecular complexity index is 556. The van der Waals surface area contributed by atoms with Crippen LogP contribution < -0.4 is 17.2 Å². The summed E-state index contributed by atoms with van der Waals surface area (Å²) in [6.45, 7) is 0. The number of aliphatic imine (C=N–C) groups is 2. The smallest absolute Gasteiger partial charge is 0.223 e. The molecule has 0 unspecified atom stereocenters. The van der Waals surface area contributed by atoms with Gasteiger partial charge in [-0.2, -0.15) is 4.99 Å². The van der Waals surface area contributed by atoms with Crippen molar-refractivity contribution in [2.24, 2.45) is 27.2 Å². The van der Waals surface area contributed by atoms with Gasteiger partial charge >= 0.3 is 0 Å². The molecule has 0 atom stereocenters. The molecule has 0 fully saturated rings. The lowest BCUT2D eigenvalue weighted by molar-refractivity contribution is 0.602. The molecule has 17 heavy (non-hydrogen) atoms. The van der Waals surface area contributed by atoms with Gasteiger partial charge in [-0.15, -0.1) is 0 Å². The minimum atomic E-state index is -3.21. The Morgan fingerprint density at radius 1 is 1.12 bits per heavy atom. The van der Waals surface area contributed by atoms with Crippen LogP contribution in [0, 0.1) is 0 Å². The number of benzene rings is 1. The molecule has 0 saturated carbocycles. The molecule has 8 heteroatoms. The summed E-state index contributed by atoms with van der Waals surface area (Å²) in [5, 5.41) is 0. The van der Waals surface area contributed by atoms with Crippen LogP contribution in [0.1, 0.15) is 0 Å². The van der Waals surface area contributed by atoms with Crippen LogP contribution in [-0.4, -0.2) is 26.6 Å². The van der Waals surface area contributed by atoms with Crippen molar-refractivity contribution in [1.82, 2.24) is 0 Å². The summed E-state index contributed by atoms with van der Waals surface area (Å²) in [4.78, 5) is 7.61. The number of hydrogen-bond acceptors (Lipinski definition) is 3. The molecule has 1 aromatic carbocycles. The van der Waals surface area contributed by atoms with Crippen molar-refractivity contribution in [2.75, 3.05) is 6.26 Å². The molecular formula is C9H13N5O2S. The lowest BCUT2D eigenvalue weighted by Crippen LogP contribution is -2.26. The van der Waals surface area contributed by atoms with Gasteiger partial charge in [0.15, 0.2) is 15.8 Å². The molecule has 0 amide bonds. The molecule has 0 saturated heterocycles. The van der Waals surface area contributed by atoms with Gasteiger partial charge in [0, 0.05) is 6.26 Å². The molecule has 7 nitrogen and oxygen atoms in total. The molecular weight excluding hydrogens is 242 g/mol. The predicted molar refractivity (Wildman–Crippen MR) is 66.6 cm³/mol. The third-order valence-corrected chi connectivity index (χ3v) is 2.88. The van der Waals surface area contributed by atoms with Crippen LogP contribution in [0.2, 0.25) is 0 Å². The normalized spacial score (nSPS) is 12.2. The van der Waals surface area contributed by atoms with Crippen molar-refractivity contribution < 1.29 is 8.42 Å². The Morgan fingerprint density at radius 3 is 2.06 bits per heavy atom. The predicted octanol–water partition coefficient (Wildman–Crippen LogP) is -0.690. The van der Waals surface area contributed by atoms with E-state index in [9.17, 15) is 8.42 Å². The van der Waals surface area contributed by atoms with Crippen LogP contribution in [0.15, 0.2) is 39.1 Å². The zero-order valence-electron chi connectivity index (χ0n) is 9.16. The molecule has 0 aliphatic carbocycles. The molecule has 0 aliphatic heterocycles. The topological polar surface area (TPSA) is 137 Å². The van der Waals surface area contributed by atoms with Gasteiger partial charge in [-0.1, -0.05) is 0 Å². The number of nitrogens with two attached hydrogens (primary N) is 3. The monoisotopic (exact) mass is 255 g/mol. The molecule has 0 radical (unpaired) electrons. The van der Waals surface area contributed by atoms with Crippen molar-refractivity contribution in [3.05, 3.63) is 24.3 Å². The van der Waals surface area contributed by atoms with Gasteiger partial charge in [-0.05, 0) is 24.3 Å². The first-order chi connectivity index (χ1) is 7.79. The first kappa shape index (κ1) is 13.0. The number of hydrogen-bond donors (Lipinski definition) is 3. The van der Waals surface area contributed by atoms with E-state index in [1.165, 1.54) is 24.3 Å². The van der Waals surface area contributed by atoms with Gasteiger partial charge in [-0.25, -0.2) is 13.4 Å². The van der Waals surface area contributed by atoms with Crippen LogP contribution in [0.3, 0.4) is 0 Å². The molecule has 1 rings (SSSR count). The lowest BCUT2D eigenvalue weighted by Gasteiger charge is -1.99. The van der Waals surface area contributed by atoms with Crippen molar-refractivity contribution in [3.63, 3.8) is 0 Å². The average Bonchev–Trinajstić information content (AvgIpc) is 2.15. The summed E-state index contributed by atoms with van der Waals surface area (Å²) in [6.07, 6.45) is 1.12. The molecule has 0 heterocycles. The lowest BCUT2D eigenvalue weighted by atomic mass is 10.3. The van der Waals surface area contributed by atoms with Crippen LogP contribution in [0.4, 0.5) is 5.69 Å². The highest BCUT2D eigenvalue weighted by Gasteiger charge is 2.05. The van der Waals surface area contributed by atoms with E-state index in [1.54, 1.807) is 0 Å². The maximum absolute atomic E-state index is 11.2.